The molecule has 0 saturated carbocycles. The van der Waals surface area contributed by atoms with Crippen molar-refractivity contribution < 1.29 is 0 Å². The third kappa shape index (κ3) is 2.51. The molecule has 1 heterocycles. The van der Waals surface area contributed by atoms with E-state index in [9.17, 15) is 0 Å². The molecule has 3 atom stereocenters. The first-order valence-corrected chi connectivity index (χ1v) is 8.06. The number of hydrogen-bond acceptors (Lipinski definition) is 2. The molecule has 2 N–H and O–H groups in total. The van der Waals surface area contributed by atoms with E-state index in [0.717, 1.165) is 0 Å². The van der Waals surface area contributed by atoms with E-state index in [4.69, 9.17) is 5.73 Å². The smallest absolute Gasteiger partial charge is 0.0456 e. The lowest BCUT2D eigenvalue weighted by atomic mass is 9.75. The van der Waals surface area contributed by atoms with Crippen molar-refractivity contribution in [2.75, 3.05) is 13.1 Å². The monoisotopic (exact) mass is 272 g/mol. The normalized spacial score (nSPS) is 33.7. The minimum atomic E-state index is 0.177. The Morgan fingerprint density at radius 2 is 1.90 bits per heavy atom. The molecule has 0 amide bonds. The third-order valence-corrected chi connectivity index (χ3v) is 5.29. The summed E-state index contributed by atoms with van der Waals surface area (Å²) in [4.78, 5) is 2.67. The summed E-state index contributed by atoms with van der Waals surface area (Å²) in [5, 5.41) is 0. The van der Waals surface area contributed by atoms with E-state index in [-0.39, 0.29) is 6.04 Å². The van der Waals surface area contributed by atoms with Crippen LogP contribution in [-0.2, 0) is 0 Å². The summed E-state index contributed by atoms with van der Waals surface area (Å²) < 4.78 is 0. The highest BCUT2D eigenvalue weighted by Crippen LogP contribution is 2.41. The van der Waals surface area contributed by atoms with Crippen LogP contribution in [-0.4, -0.2) is 24.0 Å². The molecule has 2 nitrogen and oxygen atoms in total. The molecule has 2 aliphatic rings. The Kier molecular flexibility index (Phi) is 3.64. The summed E-state index contributed by atoms with van der Waals surface area (Å²) in [5.41, 5.74) is 9.91. The highest BCUT2D eigenvalue weighted by molar-refractivity contribution is 5.36. The van der Waals surface area contributed by atoms with Crippen molar-refractivity contribution in [3.63, 3.8) is 0 Å². The van der Waals surface area contributed by atoms with Gasteiger partial charge in [-0.05, 0) is 48.3 Å². The Balaban J connectivity index is 1.86. The summed E-state index contributed by atoms with van der Waals surface area (Å²) >= 11 is 0. The minimum Gasteiger partial charge on any atom is -0.323 e. The highest BCUT2D eigenvalue weighted by Gasteiger charge is 2.37. The van der Waals surface area contributed by atoms with Crippen LogP contribution in [0, 0.1) is 5.41 Å². The van der Waals surface area contributed by atoms with Crippen LogP contribution in [0.15, 0.2) is 24.3 Å². The Labute approximate surface area is 123 Å². The number of benzene rings is 1. The first kappa shape index (κ1) is 14.1. The van der Waals surface area contributed by atoms with Crippen molar-refractivity contribution in [1.82, 2.24) is 4.90 Å². The second kappa shape index (κ2) is 5.16. The lowest BCUT2D eigenvalue weighted by molar-refractivity contribution is 0.0564. The summed E-state index contributed by atoms with van der Waals surface area (Å²) in [5.74, 6) is 0.626. The van der Waals surface area contributed by atoms with Gasteiger partial charge in [-0.3, -0.25) is 4.90 Å². The van der Waals surface area contributed by atoms with Gasteiger partial charge in [0.25, 0.3) is 0 Å². The predicted molar refractivity (Wildman–Crippen MR) is 84.8 cm³/mol. The largest absolute Gasteiger partial charge is 0.323 e. The molecule has 1 aromatic rings. The van der Waals surface area contributed by atoms with E-state index in [0.29, 0.717) is 17.4 Å². The first-order valence-electron chi connectivity index (χ1n) is 8.06. The highest BCUT2D eigenvalue weighted by atomic mass is 15.2. The quantitative estimate of drug-likeness (QED) is 0.845. The van der Waals surface area contributed by atoms with Crippen LogP contribution < -0.4 is 5.73 Å². The summed E-state index contributed by atoms with van der Waals surface area (Å²) in [7, 11) is 0. The van der Waals surface area contributed by atoms with E-state index >= 15 is 0 Å². The molecule has 2 heteroatoms. The van der Waals surface area contributed by atoms with Gasteiger partial charge in [0.1, 0.15) is 0 Å². The molecule has 0 aromatic heterocycles. The summed E-state index contributed by atoms with van der Waals surface area (Å²) in [6.07, 6.45) is 3.86. The molecular formula is C18H28N2. The number of fused-ring (bicyclic) bond motifs is 1. The van der Waals surface area contributed by atoms with Crippen LogP contribution in [0.2, 0.25) is 0 Å². The number of likely N-dealkylation sites (tertiary alicyclic amines) is 1. The van der Waals surface area contributed by atoms with E-state index < -0.39 is 0 Å². The zero-order chi connectivity index (χ0) is 14.3. The van der Waals surface area contributed by atoms with E-state index in [1.165, 1.54) is 43.5 Å². The fraction of sp³-hybridized carbons (Fsp3) is 0.667. The summed E-state index contributed by atoms with van der Waals surface area (Å²) in [6.45, 7) is 9.56. The number of rotatable bonds is 1. The van der Waals surface area contributed by atoms with Crippen molar-refractivity contribution in [3.8, 4) is 0 Å². The van der Waals surface area contributed by atoms with Crippen LogP contribution in [0.5, 0.6) is 0 Å². The Morgan fingerprint density at radius 1 is 1.20 bits per heavy atom. The minimum absolute atomic E-state index is 0.177. The van der Waals surface area contributed by atoms with Gasteiger partial charge in [-0.15, -0.1) is 0 Å². The molecule has 1 saturated heterocycles. The summed E-state index contributed by atoms with van der Waals surface area (Å²) in [6, 6.07) is 9.46. The van der Waals surface area contributed by atoms with Crippen LogP contribution in [0.25, 0.3) is 0 Å². The number of nitrogens with two attached hydrogens (primary N) is 1. The van der Waals surface area contributed by atoms with Crippen LogP contribution in [0.4, 0.5) is 0 Å². The lowest BCUT2D eigenvalue weighted by Crippen LogP contribution is -2.51. The average molecular weight is 272 g/mol. The third-order valence-electron chi connectivity index (χ3n) is 5.29. The van der Waals surface area contributed by atoms with E-state index in [1.54, 1.807) is 0 Å². The molecular weight excluding hydrogens is 244 g/mol. The zero-order valence-electron chi connectivity index (χ0n) is 13.1. The van der Waals surface area contributed by atoms with Crippen LogP contribution >= 0.6 is 0 Å². The average Bonchev–Trinajstić information content (AvgIpc) is 2.42. The molecule has 20 heavy (non-hydrogen) atoms. The number of piperidine rings is 1. The zero-order valence-corrected chi connectivity index (χ0v) is 13.1. The molecule has 110 valence electrons. The standard InChI is InChI=1S/C18H28N2/c1-13-11-16(20-10-6-9-18(2,3)12-20)17(19)15-8-5-4-7-14(13)15/h4-5,7-8,13,16-17H,6,9-12,19H2,1-3H3. The van der Waals surface area contributed by atoms with E-state index in [2.05, 4.69) is 49.9 Å². The van der Waals surface area contributed by atoms with Gasteiger partial charge < -0.3 is 5.73 Å². The lowest BCUT2D eigenvalue weighted by Gasteiger charge is -2.47. The maximum Gasteiger partial charge on any atom is 0.0456 e. The molecule has 0 radical (unpaired) electrons. The molecule has 0 bridgehead atoms. The van der Waals surface area contributed by atoms with Crippen molar-refractivity contribution in [1.29, 1.82) is 0 Å². The maximum atomic E-state index is 6.63. The van der Waals surface area contributed by atoms with Gasteiger partial charge in [0.05, 0.1) is 0 Å². The van der Waals surface area contributed by atoms with Gasteiger partial charge in [0.15, 0.2) is 0 Å². The Bertz CT molecular complexity index is 480. The molecule has 0 spiro atoms. The van der Waals surface area contributed by atoms with E-state index in [1.807, 2.05) is 0 Å². The van der Waals surface area contributed by atoms with Gasteiger partial charge in [-0.1, -0.05) is 45.0 Å². The molecule has 1 aliphatic carbocycles. The van der Waals surface area contributed by atoms with Crippen molar-refractivity contribution in [2.24, 2.45) is 11.1 Å². The van der Waals surface area contributed by atoms with Gasteiger partial charge >= 0.3 is 0 Å². The van der Waals surface area contributed by atoms with Gasteiger partial charge in [0, 0.05) is 18.6 Å². The second-order valence-corrected chi connectivity index (χ2v) is 7.60. The fourth-order valence-corrected chi connectivity index (χ4v) is 4.23. The fourth-order valence-electron chi connectivity index (χ4n) is 4.23. The Morgan fingerprint density at radius 3 is 2.60 bits per heavy atom. The molecule has 3 unspecified atom stereocenters. The number of hydrogen-bond donors (Lipinski definition) is 1. The first-order chi connectivity index (χ1) is 9.48. The topological polar surface area (TPSA) is 29.3 Å². The second-order valence-electron chi connectivity index (χ2n) is 7.60. The van der Waals surface area contributed by atoms with Gasteiger partial charge in [-0.2, -0.15) is 0 Å². The molecule has 3 rings (SSSR count). The predicted octanol–water partition coefficient (Wildman–Crippen LogP) is 3.68. The maximum absolute atomic E-state index is 6.63. The van der Waals surface area contributed by atoms with Crippen molar-refractivity contribution >= 4 is 0 Å². The molecule has 1 fully saturated rings. The van der Waals surface area contributed by atoms with Crippen LogP contribution in [0.1, 0.15) is 63.1 Å². The SMILES string of the molecule is CC1CC(N2CCCC(C)(C)C2)C(N)c2ccccc21. The molecule has 1 aliphatic heterocycles. The Hall–Kier alpha value is -0.860. The number of nitrogens with zero attached hydrogens (tertiary/aromatic N) is 1. The van der Waals surface area contributed by atoms with Crippen molar-refractivity contribution in [3.05, 3.63) is 35.4 Å². The van der Waals surface area contributed by atoms with Crippen molar-refractivity contribution in [2.45, 2.75) is 58.0 Å². The van der Waals surface area contributed by atoms with Gasteiger partial charge in [0.2, 0.25) is 0 Å². The molecule has 1 aromatic carbocycles. The van der Waals surface area contributed by atoms with Gasteiger partial charge in [-0.25, -0.2) is 0 Å². The van der Waals surface area contributed by atoms with Crippen LogP contribution in [0.3, 0.4) is 0 Å².